The van der Waals surface area contributed by atoms with Gasteiger partial charge in [-0.3, -0.25) is 9.89 Å². The number of hydrogen-bond acceptors (Lipinski definition) is 5. The van der Waals surface area contributed by atoms with Crippen LogP contribution in [0.1, 0.15) is 18.7 Å². The smallest absolute Gasteiger partial charge is 0.224 e. The van der Waals surface area contributed by atoms with Crippen LogP contribution >= 0.6 is 0 Å². The van der Waals surface area contributed by atoms with E-state index in [4.69, 9.17) is 4.74 Å². The minimum atomic E-state index is 0.0488. The van der Waals surface area contributed by atoms with Crippen LogP contribution < -0.4 is 15.4 Å². The van der Waals surface area contributed by atoms with Crippen molar-refractivity contribution in [2.24, 2.45) is 5.92 Å². The molecule has 2 heterocycles. The van der Waals surface area contributed by atoms with Gasteiger partial charge in [-0.25, -0.2) is 4.98 Å². The molecule has 0 spiro atoms. The van der Waals surface area contributed by atoms with E-state index in [0.29, 0.717) is 18.2 Å². The van der Waals surface area contributed by atoms with Crippen molar-refractivity contribution < 1.29 is 9.53 Å². The molecular weight excluding hydrogens is 294 g/mol. The first-order valence-electron chi connectivity index (χ1n) is 7.80. The Balaban J connectivity index is 1.57. The maximum Gasteiger partial charge on any atom is 0.224 e. The SMILES string of the molecule is COc1ccc(-c2n[nH]c(CNC(=O)C3CCCNC3)n2)cc1. The van der Waals surface area contributed by atoms with Gasteiger partial charge < -0.3 is 15.4 Å². The number of benzene rings is 1. The maximum atomic E-state index is 12.1. The Morgan fingerprint density at radius 2 is 2.22 bits per heavy atom. The summed E-state index contributed by atoms with van der Waals surface area (Å²) in [4.78, 5) is 16.5. The Bertz CT molecular complexity index is 647. The number of rotatable bonds is 5. The monoisotopic (exact) mass is 315 g/mol. The van der Waals surface area contributed by atoms with E-state index in [1.165, 1.54) is 0 Å². The van der Waals surface area contributed by atoms with Gasteiger partial charge in [0.2, 0.25) is 5.91 Å². The molecule has 2 aromatic rings. The van der Waals surface area contributed by atoms with Gasteiger partial charge in [-0.2, -0.15) is 5.10 Å². The molecule has 1 aliphatic rings. The highest BCUT2D eigenvalue weighted by molar-refractivity contribution is 5.78. The molecule has 3 N–H and O–H groups in total. The second-order valence-corrected chi connectivity index (χ2v) is 5.60. The first-order chi connectivity index (χ1) is 11.3. The van der Waals surface area contributed by atoms with E-state index >= 15 is 0 Å². The number of nitrogens with one attached hydrogen (secondary N) is 3. The molecule has 1 aromatic heterocycles. The van der Waals surface area contributed by atoms with Crippen LogP contribution in [0, 0.1) is 5.92 Å². The summed E-state index contributed by atoms with van der Waals surface area (Å²) in [5.41, 5.74) is 0.899. The standard InChI is InChI=1S/C16H21N5O2/c1-23-13-6-4-11(5-7-13)15-19-14(20-21-15)10-18-16(22)12-3-2-8-17-9-12/h4-7,12,17H,2-3,8-10H2,1H3,(H,18,22)(H,19,20,21). The lowest BCUT2D eigenvalue weighted by molar-refractivity contribution is -0.125. The Hall–Kier alpha value is -2.41. The molecule has 1 saturated heterocycles. The zero-order valence-corrected chi connectivity index (χ0v) is 13.1. The van der Waals surface area contributed by atoms with Gasteiger partial charge in [-0.05, 0) is 43.7 Å². The normalized spacial score (nSPS) is 17.7. The van der Waals surface area contributed by atoms with Gasteiger partial charge >= 0.3 is 0 Å². The highest BCUT2D eigenvalue weighted by Crippen LogP contribution is 2.19. The first kappa shape index (κ1) is 15.5. The second-order valence-electron chi connectivity index (χ2n) is 5.60. The second kappa shape index (κ2) is 7.23. The molecule has 23 heavy (non-hydrogen) atoms. The van der Waals surface area contributed by atoms with Crippen LogP contribution in [0.5, 0.6) is 5.75 Å². The topological polar surface area (TPSA) is 91.9 Å². The number of hydrogen-bond donors (Lipinski definition) is 3. The number of nitrogens with zero attached hydrogens (tertiary/aromatic N) is 2. The highest BCUT2D eigenvalue weighted by atomic mass is 16.5. The molecule has 1 aliphatic heterocycles. The Morgan fingerprint density at radius 3 is 2.91 bits per heavy atom. The summed E-state index contributed by atoms with van der Waals surface area (Å²) in [7, 11) is 1.63. The third kappa shape index (κ3) is 3.87. The Morgan fingerprint density at radius 1 is 1.39 bits per heavy atom. The number of amides is 1. The van der Waals surface area contributed by atoms with Crippen LogP contribution in [-0.4, -0.2) is 41.3 Å². The van der Waals surface area contributed by atoms with E-state index in [0.717, 1.165) is 37.2 Å². The zero-order chi connectivity index (χ0) is 16.1. The molecule has 1 fully saturated rings. The van der Waals surface area contributed by atoms with E-state index in [1.807, 2.05) is 24.3 Å². The molecule has 122 valence electrons. The minimum absolute atomic E-state index is 0.0488. The number of carbonyl (C=O) groups excluding carboxylic acids is 1. The van der Waals surface area contributed by atoms with Crippen LogP contribution in [0.25, 0.3) is 11.4 Å². The van der Waals surface area contributed by atoms with E-state index in [1.54, 1.807) is 7.11 Å². The van der Waals surface area contributed by atoms with Crippen molar-refractivity contribution in [3.8, 4) is 17.1 Å². The zero-order valence-electron chi connectivity index (χ0n) is 13.1. The van der Waals surface area contributed by atoms with E-state index in [-0.39, 0.29) is 11.8 Å². The fourth-order valence-electron chi connectivity index (χ4n) is 2.63. The Labute approximate surface area is 134 Å². The van der Waals surface area contributed by atoms with Crippen molar-refractivity contribution in [2.75, 3.05) is 20.2 Å². The van der Waals surface area contributed by atoms with Crippen LogP contribution in [0.2, 0.25) is 0 Å². The van der Waals surface area contributed by atoms with Gasteiger partial charge in [0.15, 0.2) is 5.82 Å². The summed E-state index contributed by atoms with van der Waals surface area (Å²) in [6.45, 7) is 2.11. The molecule has 7 heteroatoms. The van der Waals surface area contributed by atoms with Crippen molar-refractivity contribution in [3.63, 3.8) is 0 Å². The molecule has 1 atom stereocenters. The van der Waals surface area contributed by atoms with E-state index in [2.05, 4.69) is 25.8 Å². The predicted octanol–water partition coefficient (Wildman–Crippen LogP) is 1.10. The maximum absolute atomic E-state index is 12.1. The van der Waals surface area contributed by atoms with Crippen molar-refractivity contribution in [3.05, 3.63) is 30.1 Å². The van der Waals surface area contributed by atoms with Gasteiger partial charge in [-0.15, -0.1) is 0 Å². The quantitative estimate of drug-likeness (QED) is 0.768. The van der Waals surface area contributed by atoms with Gasteiger partial charge in [0.05, 0.1) is 19.6 Å². The summed E-state index contributed by atoms with van der Waals surface area (Å²) in [6.07, 6.45) is 1.98. The summed E-state index contributed by atoms with van der Waals surface area (Å²) in [5, 5.41) is 13.2. The summed E-state index contributed by atoms with van der Waals surface area (Å²) >= 11 is 0. The fourth-order valence-corrected chi connectivity index (χ4v) is 2.63. The minimum Gasteiger partial charge on any atom is -0.497 e. The average Bonchev–Trinajstić information content (AvgIpc) is 3.09. The molecule has 3 rings (SSSR count). The third-order valence-electron chi connectivity index (χ3n) is 3.98. The molecule has 1 amide bonds. The Kier molecular flexibility index (Phi) is 4.87. The lowest BCUT2D eigenvalue weighted by Gasteiger charge is -2.21. The average molecular weight is 315 g/mol. The van der Waals surface area contributed by atoms with Crippen LogP contribution in [0.4, 0.5) is 0 Å². The first-order valence-corrected chi connectivity index (χ1v) is 7.80. The fraction of sp³-hybridized carbons (Fsp3) is 0.438. The number of piperidine rings is 1. The lowest BCUT2D eigenvalue weighted by Crippen LogP contribution is -2.40. The lowest BCUT2D eigenvalue weighted by atomic mass is 9.99. The summed E-state index contributed by atoms with van der Waals surface area (Å²) in [5.74, 6) is 2.16. The molecule has 1 aromatic carbocycles. The number of aromatic nitrogens is 3. The van der Waals surface area contributed by atoms with Crippen molar-refractivity contribution in [2.45, 2.75) is 19.4 Å². The van der Waals surface area contributed by atoms with Crippen molar-refractivity contribution in [1.29, 1.82) is 0 Å². The molecule has 0 saturated carbocycles. The van der Waals surface area contributed by atoms with Crippen LogP contribution in [0.3, 0.4) is 0 Å². The van der Waals surface area contributed by atoms with Crippen LogP contribution in [0.15, 0.2) is 24.3 Å². The molecule has 7 nitrogen and oxygen atoms in total. The van der Waals surface area contributed by atoms with Gasteiger partial charge in [0.25, 0.3) is 0 Å². The van der Waals surface area contributed by atoms with Crippen molar-refractivity contribution in [1.82, 2.24) is 25.8 Å². The molecule has 0 aliphatic carbocycles. The number of H-pyrrole nitrogens is 1. The number of carbonyl (C=O) groups is 1. The van der Waals surface area contributed by atoms with E-state index < -0.39 is 0 Å². The number of methoxy groups -OCH3 is 1. The van der Waals surface area contributed by atoms with Gasteiger partial charge in [0.1, 0.15) is 11.6 Å². The largest absolute Gasteiger partial charge is 0.497 e. The van der Waals surface area contributed by atoms with Crippen molar-refractivity contribution >= 4 is 5.91 Å². The molecule has 1 unspecified atom stereocenters. The summed E-state index contributed by atoms with van der Waals surface area (Å²) in [6, 6.07) is 7.53. The van der Waals surface area contributed by atoms with Gasteiger partial charge in [0, 0.05) is 12.1 Å². The predicted molar refractivity (Wildman–Crippen MR) is 85.8 cm³/mol. The number of ether oxygens (including phenoxy) is 1. The number of aromatic amines is 1. The third-order valence-corrected chi connectivity index (χ3v) is 3.98. The van der Waals surface area contributed by atoms with Gasteiger partial charge in [-0.1, -0.05) is 0 Å². The molecule has 0 radical (unpaired) electrons. The van der Waals surface area contributed by atoms with E-state index in [9.17, 15) is 4.79 Å². The summed E-state index contributed by atoms with van der Waals surface area (Å²) < 4.78 is 5.13. The highest BCUT2D eigenvalue weighted by Gasteiger charge is 2.20. The molecule has 0 bridgehead atoms. The van der Waals surface area contributed by atoms with Crippen LogP contribution in [-0.2, 0) is 11.3 Å². The molecular formula is C16H21N5O2.